The average molecular weight is 625 g/mol. The maximum Gasteiger partial charge on any atom is 0.459 e. The van der Waals surface area contributed by atoms with Crippen molar-refractivity contribution >= 4 is 41.2 Å². The minimum atomic E-state index is -4.30. The summed E-state index contributed by atoms with van der Waals surface area (Å²) in [5.41, 5.74) is -2.94. The lowest BCUT2D eigenvalue weighted by molar-refractivity contribution is -0.153. The zero-order valence-corrected chi connectivity index (χ0v) is 23.7. The van der Waals surface area contributed by atoms with E-state index in [9.17, 15) is 24.1 Å². The Morgan fingerprint density at radius 3 is 2.57 bits per heavy atom. The van der Waals surface area contributed by atoms with E-state index in [-0.39, 0.29) is 5.75 Å². The van der Waals surface area contributed by atoms with Gasteiger partial charge in [-0.05, 0) is 39.8 Å². The first-order valence-electron chi connectivity index (χ1n) is 11.2. The predicted molar refractivity (Wildman–Crippen MR) is 138 cm³/mol. The van der Waals surface area contributed by atoms with Crippen LogP contribution in [0.25, 0.3) is 0 Å². The van der Waals surface area contributed by atoms with E-state index in [0.29, 0.717) is 0 Å². The Hall–Kier alpha value is -1.99. The van der Waals surface area contributed by atoms with E-state index in [1.807, 2.05) is 0 Å². The summed E-state index contributed by atoms with van der Waals surface area (Å²) < 4.78 is 35.3. The van der Waals surface area contributed by atoms with Crippen LogP contribution in [-0.4, -0.2) is 54.9 Å². The third kappa shape index (κ3) is 7.11. The number of nitrogens with one attached hydrogen (secondary N) is 2. The van der Waals surface area contributed by atoms with Crippen molar-refractivity contribution in [3.8, 4) is 5.75 Å². The molecule has 15 heteroatoms. The molecule has 0 aliphatic carbocycles. The van der Waals surface area contributed by atoms with Crippen LogP contribution in [0.3, 0.4) is 0 Å². The summed E-state index contributed by atoms with van der Waals surface area (Å²) in [5.74, 6) is -0.512. The highest BCUT2D eigenvalue weighted by atomic mass is 79.9. The van der Waals surface area contributed by atoms with Crippen molar-refractivity contribution in [3.63, 3.8) is 0 Å². The molecule has 0 saturated carbocycles. The highest BCUT2D eigenvalue weighted by Crippen LogP contribution is 2.50. The number of aliphatic hydroxyl groups is 1. The summed E-state index contributed by atoms with van der Waals surface area (Å²) in [6.45, 7) is 5.72. The van der Waals surface area contributed by atoms with Gasteiger partial charge in [-0.25, -0.2) is 9.36 Å². The van der Waals surface area contributed by atoms with E-state index in [2.05, 4.69) is 26.0 Å². The van der Waals surface area contributed by atoms with Crippen molar-refractivity contribution in [2.24, 2.45) is 0 Å². The van der Waals surface area contributed by atoms with Crippen molar-refractivity contribution in [1.29, 1.82) is 0 Å². The third-order valence-electron chi connectivity index (χ3n) is 5.13. The van der Waals surface area contributed by atoms with Gasteiger partial charge in [-0.2, -0.15) is 5.09 Å². The van der Waals surface area contributed by atoms with Gasteiger partial charge >= 0.3 is 19.4 Å². The Morgan fingerprint density at radius 2 is 1.97 bits per heavy atom. The maximum absolute atomic E-state index is 13.8. The number of aromatic amines is 1. The molecule has 0 radical (unpaired) electrons. The van der Waals surface area contributed by atoms with E-state index in [1.165, 1.54) is 13.8 Å². The van der Waals surface area contributed by atoms with Crippen LogP contribution in [0.15, 0.2) is 52.2 Å². The van der Waals surface area contributed by atoms with Crippen LogP contribution in [-0.2, 0) is 23.4 Å². The molecule has 1 aromatic carbocycles. The molecule has 37 heavy (non-hydrogen) atoms. The third-order valence-corrected chi connectivity index (χ3v) is 8.17. The Bertz CT molecular complexity index is 1270. The Balaban J connectivity index is 1.84. The van der Waals surface area contributed by atoms with Crippen LogP contribution in [0.1, 0.15) is 33.9 Å². The van der Waals surface area contributed by atoms with Gasteiger partial charge in [-0.3, -0.25) is 23.7 Å². The number of benzene rings is 1. The molecule has 1 fully saturated rings. The second-order valence-corrected chi connectivity index (χ2v) is 13.1. The highest BCUT2D eigenvalue weighted by Gasteiger charge is 2.56. The van der Waals surface area contributed by atoms with E-state index < -0.39 is 65.4 Å². The van der Waals surface area contributed by atoms with Crippen LogP contribution in [0.5, 0.6) is 5.75 Å². The van der Waals surface area contributed by atoms with E-state index in [4.69, 9.17) is 30.1 Å². The molecule has 1 aliphatic rings. The zero-order valence-electron chi connectivity index (χ0n) is 20.4. The number of carbonyl (C=O) groups is 1. The van der Waals surface area contributed by atoms with Crippen LogP contribution in [0.4, 0.5) is 0 Å². The summed E-state index contributed by atoms with van der Waals surface area (Å²) in [6, 6.07) is 9.21. The van der Waals surface area contributed by atoms with Crippen molar-refractivity contribution in [2.75, 3.05) is 6.61 Å². The number of nitrogens with zero attached hydrogens (tertiary/aromatic N) is 1. The molecule has 1 aliphatic heterocycles. The minimum absolute atomic E-state index is 0.184. The van der Waals surface area contributed by atoms with E-state index >= 15 is 0 Å². The Morgan fingerprint density at radius 1 is 1.32 bits per heavy atom. The predicted octanol–water partition coefficient (Wildman–Crippen LogP) is 2.65. The lowest BCUT2D eigenvalue weighted by Crippen LogP contribution is -2.48. The van der Waals surface area contributed by atoms with Gasteiger partial charge in [0.15, 0.2) is 10.0 Å². The number of alkyl halides is 2. The quantitative estimate of drug-likeness (QED) is 0.204. The summed E-state index contributed by atoms with van der Waals surface area (Å²) in [4.78, 5) is 38.4. The van der Waals surface area contributed by atoms with Crippen molar-refractivity contribution in [2.45, 2.75) is 61.6 Å². The number of esters is 1. The number of ether oxygens (including phenoxy) is 2. The lowest BCUT2D eigenvalue weighted by atomic mass is 10.1. The van der Waals surface area contributed by atoms with Gasteiger partial charge in [0.05, 0.1) is 12.7 Å². The molecular weight excluding hydrogens is 597 g/mol. The first kappa shape index (κ1) is 29.6. The molecule has 1 aromatic heterocycles. The van der Waals surface area contributed by atoms with Gasteiger partial charge < -0.3 is 19.1 Å². The van der Waals surface area contributed by atoms with Crippen LogP contribution >= 0.6 is 35.3 Å². The molecule has 3 rings (SSSR count). The smallest absolute Gasteiger partial charge is 0.459 e. The maximum atomic E-state index is 13.8. The highest BCUT2D eigenvalue weighted by molar-refractivity contribution is 9.10. The first-order valence-corrected chi connectivity index (χ1v) is 13.9. The van der Waals surface area contributed by atoms with Gasteiger partial charge in [0.1, 0.15) is 23.5 Å². The summed E-state index contributed by atoms with van der Waals surface area (Å²) in [6.07, 6.45) is -3.21. The number of rotatable bonds is 10. The number of hydrogen-bond donors (Lipinski definition) is 3. The monoisotopic (exact) mass is 623 g/mol. The van der Waals surface area contributed by atoms with Crippen LogP contribution < -0.4 is 20.9 Å². The molecule has 2 aromatic rings. The van der Waals surface area contributed by atoms with Crippen molar-refractivity contribution < 1.29 is 33.0 Å². The van der Waals surface area contributed by atoms with Crippen LogP contribution in [0.2, 0.25) is 0 Å². The minimum Gasteiger partial charge on any atom is -0.462 e. The molecule has 0 spiro atoms. The molecule has 2 heterocycles. The molecule has 1 saturated heterocycles. The number of hydrogen-bond acceptors (Lipinski definition) is 9. The molecule has 3 N–H and O–H groups in total. The number of H-pyrrole nitrogens is 1. The summed E-state index contributed by atoms with van der Waals surface area (Å²) >= 11 is 9.63. The molecule has 5 atom stereocenters. The summed E-state index contributed by atoms with van der Waals surface area (Å²) in [7, 11) is -4.30. The number of halogens is 2. The summed E-state index contributed by atoms with van der Waals surface area (Å²) in [5, 5.41) is 13.4. The zero-order chi connectivity index (χ0) is 27.6. The fourth-order valence-electron chi connectivity index (χ4n) is 3.34. The Kier molecular flexibility index (Phi) is 9.11. The van der Waals surface area contributed by atoms with Crippen LogP contribution in [0, 0.1) is 0 Å². The average Bonchev–Trinajstić information content (AvgIpc) is 3.01. The number of aromatic nitrogens is 2. The SMILES string of the molecule is CC(C)OC(=O)C(C)(C)N[P@](=O)(OC[C@H]1O[C@@H](n2ccc(=O)[nH]c2=O)[C@](Cl)(Br)[C@@H]1O)Oc1ccccc1. The van der Waals surface area contributed by atoms with Crippen molar-refractivity contribution in [1.82, 2.24) is 14.6 Å². The topological polar surface area (TPSA) is 158 Å². The normalized spacial score (nSPS) is 25.6. The molecule has 0 bridgehead atoms. The fourth-order valence-corrected chi connectivity index (χ4v) is 5.94. The van der Waals surface area contributed by atoms with Gasteiger partial charge in [-0.15, -0.1) is 0 Å². The van der Waals surface area contributed by atoms with Gasteiger partial charge in [0, 0.05) is 12.3 Å². The molecule has 12 nitrogen and oxygen atoms in total. The number of para-hydroxylation sites is 1. The van der Waals surface area contributed by atoms with E-state index in [0.717, 1.165) is 16.8 Å². The lowest BCUT2D eigenvalue weighted by Gasteiger charge is -2.30. The molecule has 0 amide bonds. The number of aliphatic hydroxyl groups excluding tert-OH is 1. The standard InChI is InChI=1S/C22H28BrClN3O9P/c1-13(2)34-19(30)21(3,4)26-37(32,36-14-8-6-5-7-9-14)33-12-15-17(29)22(23,24)18(35-15)27-11-10-16(28)25-20(27)31/h5-11,13,15,17-18,29H,12H2,1-4H3,(H,26,32)(H,25,28,31)/t15-,17-,18-,22+,37+/m1/s1. The van der Waals surface area contributed by atoms with Gasteiger partial charge in [0.2, 0.25) is 0 Å². The fraction of sp³-hybridized carbons (Fsp3) is 0.500. The Labute approximate surface area is 225 Å². The molecule has 0 unspecified atom stereocenters. The van der Waals surface area contributed by atoms with Crippen molar-refractivity contribution in [3.05, 3.63) is 63.4 Å². The number of carbonyl (C=O) groups excluding carboxylic acids is 1. The largest absolute Gasteiger partial charge is 0.462 e. The molecular formula is C22H28BrClN3O9P. The van der Waals surface area contributed by atoms with Gasteiger partial charge in [-0.1, -0.05) is 45.7 Å². The van der Waals surface area contributed by atoms with Gasteiger partial charge in [0.25, 0.3) is 5.56 Å². The van der Waals surface area contributed by atoms with E-state index in [1.54, 1.807) is 44.2 Å². The second kappa shape index (κ2) is 11.4. The second-order valence-electron chi connectivity index (χ2n) is 9.05. The first-order chi connectivity index (χ1) is 17.1. The molecule has 204 valence electrons.